The highest BCUT2D eigenvalue weighted by Crippen LogP contribution is 2.28. The van der Waals surface area contributed by atoms with Gasteiger partial charge in [0.05, 0.1) is 29.1 Å². The van der Waals surface area contributed by atoms with E-state index in [1.807, 2.05) is 55.5 Å². The summed E-state index contributed by atoms with van der Waals surface area (Å²) < 4.78 is 5.28. The Morgan fingerprint density at radius 2 is 2.00 bits per heavy atom. The Bertz CT molecular complexity index is 814. The van der Waals surface area contributed by atoms with Crippen molar-refractivity contribution in [2.75, 3.05) is 12.4 Å². The summed E-state index contributed by atoms with van der Waals surface area (Å²) in [6, 6.07) is 15.2. The van der Waals surface area contributed by atoms with Crippen molar-refractivity contribution in [3.63, 3.8) is 0 Å². The quantitative estimate of drug-likeness (QED) is 0.663. The molecule has 0 saturated heterocycles. The Kier molecular flexibility index (Phi) is 5.05. The molecule has 24 heavy (non-hydrogen) atoms. The molecule has 0 aliphatic rings. The number of rotatable bonds is 6. The standard InChI is InChI=1S/C18H19N3O2S/c1-3-16(17(22)19-14-10-6-7-11-15(14)23-2)24-18-20-12-8-4-5-9-13(12)21-18/h4-11,16H,3H2,1-2H3,(H,19,22)(H,20,21). The molecule has 2 aromatic carbocycles. The third-order valence-corrected chi connectivity index (χ3v) is 4.90. The first-order valence-electron chi connectivity index (χ1n) is 7.76. The molecule has 1 heterocycles. The van der Waals surface area contributed by atoms with Crippen molar-refractivity contribution in [1.29, 1.82) is 0 Å². The van der Waals surface area contributed by atoms with Gasteiger partial charge in [-0.05, 0) is 30.7 Å². The fourth-order valence-electron chi connectivity index (χ4n) is 2.40. The van der Waals surface area contributed by atoms with Crippen LogP contribution < -0.4 is 10.1 Å². The first-order valence-corrected chi connectivity index (χ1v) is 8.64. The number of hydrogen-bond donors (Lipinski definition) is 2. The van der Waals surface area contributed by atoms with E-state index >= 15 is 0 Å². The van der Waals surface area contributed by atoms with Gasteiger partial charge in [-0.15, -0.1) is 0 Å². The Morgan fingerprint density at radius 1 is 1.25 bits per heavy atom. The summed E-state index contributed by atoms with van der Waals surface area (Å²) in [4.78, 5) is 20.4. The van der Waals surface area contributed by atoms with Crippen LogP contribution in [0, 0.1) is 0 Å². The van der Waals surface area contributed by atoms with E-state index in [4.69, 9.17) is 4.74 Å². The molecule has 1 unspecified atom stereocenters. The highest BCUT2D eigenvalue weighted by atomic mass is 32.2. The van der Waals surface area contributed by atoms with Crippen LogP contribution >= 0.6 is 11.8 Å². The number of anilines is 1. The summed E-state index contributed by atoms with van der Waals surface area (Å²) in [7, 11) is 1.59. The summed E-state index contributed by atoms with van der Waals surface area (Å²) >= 11 is 1.44. The fraction of sp³-hybridized carbons (Fsp3) is 0.222. The highest BCUT2D eigenvalue weighted by molar-refractivity contribution is 8.00. The molecule has 1 amide bonds. The molecule has 0 spiro atoms. The lowest BCUT2D eigenvalue weighted by Crippen LogP contribution is -2.24. The van der Waals surface area contributed by atoms with Crippen LogP contribution in [0.2, 0.25) is 0 Å². The normalized spacial score (nSPS) is 12.1. The number of fused-ring (bicyclic) bond motifs is 1. The lowest BCUT2D eigenvalue weighted by atomic mass is 10.2. The van der Waals surface area contributed by atoms with E-state index in [2.05, 4.69) is 15.3 Å². The summed E-state index contributed by atoms with van der Waals surface area (Å²) in [5.41, 5.74) is 2.55. The smallest absolute Gasteiger partial charge is 0.238 e. The third kappa shape index (κ3) is 3.54. The van der Waals surface area contributed by atoms with E-state index in [0.717, 1.165) is 16.2 Å². The number of benzene rings is 2. The molecule has 0 radical (unpaired) electrons. The van der Waals surface area contributed by atoms with Gasteiger partial charge in [0.25, 0.3) is 0 Å². The predicted octanol–water partition coefficient (Wildman–Crippen LogP) is 4.08. The molecule has 5 nitrogen and oxygen atoms in total. The number of amides is 1. The van der Waals surface area contributed by atoms with Crippen LogP contribution in [0.25, 0.3) is 11.0 Å². The van der Waals surface area contributed by atoms with E-state index in [-0.39, 0.29) is 11.2 Å². The molecule has 1 atom stereocenters. The van der Waals surface area contributed by atoms with E-state index in [0.29, 0.717) is 17.9 Å². The topological polar surface area (TPSA) is 67.0 Å². The molecule has 1 aromatic heterocycles. The number of nitrogens with zero attached hydrogens (tertiary/aromatic N) is 1. The maximum atomic E-state index is 12.6. The molecule has 0 fully saturated rings. The van der Waals surface area contributed by atoms with Crippen molar-refractivity contribution in [1.82, 2.24) is 9.97 Å². The van der Waals surface area contributed by atoms with Crippen molar-refractivity contribution in [3.8, 4) is 5.75 Å². The maximum Gasteiger partial charge on any atom is 0.238 e. The molecule has 3 rings (SSSR count). The summed E-state index contributed by atoms with van der Waals surface area (Å²) in [5, 5.41) is 3.45. The number of thioether (sulfide) groups is 1. The van der Waals surface area contributed by atoms with Crippen LogP contribution in [-0.4, -0.2) is 28.2 Å². The van der Waals surface area contributed by atoms with Gasteiger partial charge >= 0.3 is 0 Å². The van der Waals surface area contributed by atoms with Crippen LogP contribution in [0.15, 0.2) is 53.7 Å². The van der Waals surface area contributed by atoms with Crippen molar-refractivity contribution >= 4 is 34.4 Å². The maximum absolute atomic E-state index is 12.6. The lowest BCUT2D eigenvalue weighted by molar-refractivity contribution is -0.115. The lowest BCUT2D eigenvalue weighted by Gasteiger charge is -2.15. The number of ether oxygens (including phenoxy) is 1. The number of para-hydroxylation sites is 4. The summed E-state index contributed by atoms with van der Waals surface area (Å²) in [6.45, 7) is 1.99. The number of carbonyl (C=O) groups is 1. The number of imidazole rings is 1. The summed E-state index contributed by atoms with van der Waals surface area (Å²) in [5.74, 6) is 0.585. The van der Waals surface area contributed by atoms with Gasteiger partial charge in [0, 0.05) is 0 Å². The highest BCUT2D eigenvalue weighted by Gasteiger charge is 2.20. The molecule has 0 bridgehead atoms. The van der Waals surface area contributed by atoms with Gasteiger partial charge in [-0.2, -0.15) is 0 Å². The third-order valence-electron chi connectivity index (χ3n) is 3.65. The second kappa shape index (κ2) is 7.40. The number of H-pyrrole nitrogens is 1. The van der Waals surface area contributed by atoms with Crippen LogP contribution in [-0.2, 0) is 4.79 Å². The summed E-state index contributed by atoms with van der Waals surface area (Å²) in [6.07, 6.45) is 0.697. The van der Waals surface area contributed by atoms with E-state index in [1.165, 1.54) is 11.8 Å². The van der Waals surface area contributed by atoms with Crippen molar-refractivity contribution in [2.45, 2.75) is 23.8 Å². The molecule has 124 valence electrons. The minimum Gasteiger partial charge on any atom is -0.495 e. The average molecular weight is 341 g/mol. The van der Waals surface area contributed by atoms with E-state index < -0.39 is 0 Å². The second-order valence-electron chi connectivity index (χ2n) is 5.26. The molecule has 0 aliphatic heterocycles. The number of carbonyl (C=O) groups excluding carboxylic acids is 1. The Hall–Kier alpha value is -2.47. The van der Waals surface area contributed by atoms with Crippen molar-refractivity contribution in [3.05, 3.63) is 48.5 Å². The van der Waals surface area contributed by atoms with Crippen LogP contribution in [0.3, 0.4) is 0 Å². The first-order chi connectivity index (χ1) is 11.7. The van der Waals surface area contributed by atoms with Crippen LogP contribution in [0.4, 0.5) is 5.69 Å². The number of methoxy groups -OCH3 is 1. The van der Waals surface area contributed by atoms with Gasteiger partial charge in [0.2, 0.25) is 5.91 Å². The number of hydrogen-bond acceptors (Lipinski definition) is 4. The molecule has 2 N–H and O–H groups in total. The van der Waals surface area contributed by atoms with Crippen LogP contribution in [0.1, 0.15) is 13.3 Å². The number of aromatic nitrogens is 2. The Labute approximate surface area is 144 Å². The van der Waals surface area contributed by atoms with Gasteiger partial charge in [-0.25, -0.2) is 4.98 Å². The molecule has 0 aliphatic carbocycles. The minimum absolute atomic E-state index is 0.0625. The van der Waals surface area contributed by atoms with Gasteiger partial charge in [0.1, 0.15) is 5.75 Å². The zero-order valence-electron chi connectivity index (χ0n) is 13.6. The number of aromatic amines is 1. The monoisotopic (exact) mass is 341 g/mol. The predicted molar refractivity (Wildman–Crippen MR) is 97.7 cm³/mol. The molecular formula is C18H19N3O2S. The van der Waals surface area contributed by atoms with Gasteiger partial charge in [-0.3, -0.25) is 4.79 Å². The Balaban J connectivity index is 1.74. The minimum atomic E-state index is -0.240. The fourth-order valence-corrected chi connectivity index (χ4v) is 3.33. The zero-order valence-corrected chi connectivity index (χ0v) is 14.4. The van der Waals surface area contributed by atoms with Crippen LogP contribution in [0.5, 0.6) is 5.75 Å². The molecule has 0 saturated carbocycles. The van der Waals surface area contributed by atoms with Crippen molar-refractivity contribution in [2.24, 2.45) is 0 Å². The van der Waals surface area contributed by atoms with E-state index in [9.17, 15) is 4.79 Å². The van der Waals surface area contributed by atoms with Gasteiger partial charge < -0.3 is 15.0 Å². The largest absolute Gasteiger partial charge is 0.495 e. The zero-order chi connectivity index (χ0) is 16.9. The van der Waals surface area contributed by atoms with E-state index in [1.54, 1.807) is 7.11 Å². The average Bonchev–Trinajstić information content (AvgIpc) is 3.02. The second-order valence-corrected chi connectivity index (χ2v) is 6.45. The SMILES string of the molecule is CCC(Sc1nc2ccccc2[nH]1)C(=O)Nc1ccccc1OC. The first kappa shape index (κ1) is 16.4. The van der Waals surface area contributed by atoms with Crippen molar-refractivity contribution < 1.29 is 9.53 Å². The number of nitrogens with one attached hydrogen (secondary N) is 2. The van der Waals surface area contributed by atoms with Gasteiger partial charge in [-0.1, -0.05) is 43.0 Å². The Morgan fingerprint density at radius 3 is 2.75 bits per heavy atom. The molecule has 3 aromatic rings. The molecule has 6 heteroatoms. The van der Waals surface area contributed by atoms with Gasteiger partial charge in [0.15, 0.2) is 5.16 Å². The molecular weight excluding hydrogens is 322 g/mol.